The molecule has 0 aliphatic carbocycles. The van der Waals surface area contributed by atoms with E-state index in [1.165, 1.54) is 11.3 Å². The summed E-state index contributed by atoms with van der Waals surface area (Å²) in [6.45, 7) is 3.16. The monoisotopic (exact) mass is 367 g/mol. The van der Waals surface area contributed by atoms with Crippen LogP contribution in [0.15, 0.2) is 29.5 Å². The number of nitrogens with zero attached hydrogens (tertiary/aromatic N) is 3. The largest absolute Gasteiger partial charge is 0.491 e. The van der Waals surface area contributed by atoms with E-state index >= 15 is 0 Å². The van der Waals surface area contributed by atoms with Gasteiger partial charge in [0.05, 0.1) is 24.2 Å². The van der Waals surface area contributed by atoms with Crippen molar-refractivity contribution in [2.75, 3.05) is 6.61 Å². The third-order valence-corrected chi connectivity index (χ3v) is 5.98. The molecule has 0 unspecified atom stereocenters. The number of nitrogens with one attached hydrogen (secondary N) is 2. The third-order valence-electron chi connectivity index (χ3n) is 4.77. The first-order valence-electron chi connectivity index (χ1n) is 8.53. The Morgan fingerprint density at radius 1 is 1.42 bits per heavy atom. The molecule has 0 radical (unpaired) electrons. The molecule has 2 N–H and O–H groups in total. The van der Waals surface area contributed by atoms with Crippen molar-refractivity contribution in [1.29, 1.82) is 0 Å². The van der Waals surface area contributed by atoms with Gasteiger partial charge in [-0.05, 0) is 31.4 Å². The molecule has 0 aromatic carbocycles. The molecule has 1 aliphatic heterocycles. The first-order chi connectivity index (χ1) is 12.7. The quantitative estimate of drug-likeness (QED) is 0.583. The number of rotatable bonds is 3. The van der Waals surface area contributed by atoms with Crippen molar-refractivity contribution in [2.45, 2.75) is 26.3 Å². The first-order valence-corrected chi connectivity index (χ1v) is 9.35. The fraction of sp³-hybridized carbons (Fsp3) is 0.278. The van der Waals surface area contributed by atoms with Gasteiger partial charge in [-0.3, -0.25) is 14.6 Å². The molecular weight excluding hydrogens is 350 g/mol. The highest BCUT2D eigenvalue weighted by molar-refractivity contribution is 7.22. The van der Waals surface area contributed by atoms with Gasteiger partial charge in [-0.25, -0.2) is 0 Å². The van der Waals surface area contributed by atoms with Gasteiger partial charge in [-0.15, -0.1) is 11.3 Å². The SMILES string of the molecule is Cc1[nH]ncc1-c1sc2c(=O)[nH]c(Cn3cccn3)c3c2c1OCCC3. The summed E-state index contributed by atoms with van der Waals surface area (Å²) in [5.41, 5.74) is 3.95. The number of ether oxygens (including phenoxy) is 1. The van der Waals surface area contributed by atoms with E-state index in [0.717, 1.165) is 56.1 Å². The topological polar surface area (TPSA) is 88.6 Å². The van der Waals surface area contributed by atoms with Crippen LogP contribution in [-0.2, 0) is 13.0 Å². The van der Waals surface area contributed by atoms with Crippen molar-refractivity contribution in [3.8, 4) is 16.2 Å². The second-order valence-electron chi connectivity index (χ2n) is 6.44. The van der Waals surface area contributed by atoms with Gasteiger partial charge >= 0.3 is 0 Å². The maximum atomic E-state index is 12.8. The van der Waals surface area contributed by atoms with Crippen molar-refractivity contribution in [2.24, 2.45) is 0 Å². The Kier molecular flexibility index (Phi) is 3.46. The Morgan fingerprint density at radius 3 is 3.12 bits per heavy atom. The third kappa shape index (κ3) is 2.29. The van der Waals surface area contributed by atoms with Crippen LogP contribution in [0.2, 0.25) is 0 Å². The predicted molar refractivity (Wildman–Crippen MR) is 99.9 cm³/mol. The highest BCUT2D eigenvalue weighted by atomic mass is 32.1. The summed E-state index contributed by atoms with van der Waals surface area (Å²) in [7, 11) is 0. The molecule has 132 valence electrons. The van der Waals surface area contributed by atoms with Crippen LogP contribution in [0.4, 0.5) is 0 Å². The fourth-order valence-electron chi connectivity index (χ4n) is 3.55. The van der Waals surface area contributed by atoms with Crippen LogP contribution in [0.3, 0.4) is 0 Å². The number of thiophene rings is 1. The Balaban J connectivity index is 1.79. The lowest BCUT2D eigenvalue weighted by atomic mass is 10.0. The Morgan fingerprint density at radius 2 is 2.35 bits per heavy atom. The molecule has 0 bridgehead atoms. The average molecular weight is 367 g/mol. The van der Waals surface area contributed by atoms with Crippen LogP contribution in [0.5, 0.6) is 5.75 Å². The summed E-state index contributed by atoms with van der Waals surface area (Å²) in [5, 5.41) is 12.3. The summed E-state index contributed by atoms with van der Waals surface area (Å²) in [6, 6.07) is 1.88. The molecule has 7 nitrogen and oxygen atoms in total. The lowest BCUT2D eigenvalue weighted by Crippen LogP contribution is -2.14. The van der Waals surface area contributed by atoms with Gasteiger partial charge in [0.25, 0.3) is 5.56 Å². The molecule has 0 fully saturated rings. The van der Waals surface area contributed by atoms with Crippen LogP contribution in [-0.4, -0.2) is 31.6 Å². The zero-order chi connectivity index (χ0) is 17.7. The zero-order valence-corrected chi connectivity index (χ0v) is 15.0. The fourth-order valence-corrected chi connectivity index (χ4v) is 4.79. The molecule has 1 aliphatic rings. The van der Waals surface area contributed by atoms with E-state index in [0.29, 0.717) is 13.2 Å². The van der Waals surface area contributed by atoms with Crippen molar-refractivity contribution in [3.05, 3.63) is 52.0 Å². The van der Waals surface area contributed by atoms with E-state index in [9.17, 15) is 4.79 Å². The van der Waals surface area contributed by atoms with Crippen LogP contribution in [0.25, 0.3) is 20.5 Å². The highest BCUT2D eigenvalue weighted by Gasteiger charge is 2.26. The number of pyridine rings is 1. The molecule has 5 rings (SSSR count). The van der Waals surface area contributed by atoms with Crippen molar-refractivity contribution >= 4 is 21.4 Å². The van der Waals surface area contributed by atoms with E-state index in [-0.39, 0.29) is 5.56 Å². The second kappa shape index (κ2) is 5.84. The molecule has 5 heterocycles. The molecule has 0 saturated heterocycles. The number of aromatic amines is 2. The van der Waals surface area contributed by atoms with Gasteiger partial charge in [-0.2, -0.15) is 10.2 Å². The van der Waals surface area contributed by atoms with Gasteiger partial charge in [0.15, 0.2) is 0 Å². The van der Waals surface area contributed by atoms with E-state index < -0.39 is 0 Å². The summed E-state index contributed by atoms with van der Waals surface area (Å²) in [4.78, 5) is 16.9. The van der Waals surface area contributed by atoms with Crippen molar-refractivity contribution < 1.29 is 4.74 Å². The number of aromatic nitrogens is 5. The number of hydrogen-bond donors (Lipinski definition) is 2. The molecule has 4 aromatic heterocycles. The molecule has 0 saturated carbocycles. The standard InChI is InChI=1S/C18H17N5O2S/c1-10-12(8-19-22-10)16-15-14-11(4-2-7-25-15)13(9-23-6-3-5-20-23)21-18(24)17(14)26-16/h3,5-6,8H,2,4,7,9H2,1H3,(H,19,22)(H,21,24). The average Bonchev–Trinajstić information content (AvgIpc) is 3.32. The summed E-state index contributed by atoms with van der Waals surface area (Å²) in [5.74, 6) is 0.815. The predicted octanol–water partition coefficient (Wildman–Crippen LogP) is 2.86. The molecular formula is C18H17N5O2S. The Bertz CT molecular complexity index is 1150. The molecule has 0 amide bonds. The number of hydrogen-bond acceptors (Lipinski definition) is 5. The minimum Gasteiger partial charge on any atom is -0.491 e. The lowest BCUT2D eigenvalue weighted by Gasteiger charge is -2.09. The number of aryl methyl sites for hydroxylation is 2. The van der Waals surface area contributed by atoms with Crippen LogP contribution in [0, 0.1) is 6.92 Å². The number of H-pyrrole nitrogens is 2. The van der Waals surface area contributed by atoms with Gasteiger partial charge in [0.2, 0.25) is 0 Å². The Hall–Kier alpha value is -2.87. The van der Waals surface area contributed by atoms with Crippen LogP contribution in [0.1, 0.15) is 23.4 Å². The smallest absolute Gasteiger partial charge is 0.266 e. The van der Waals surface area contributed by atoms with E-state index in [4.69, 9.17) is 4.74 Å². The Labute approximate surface area is 152 Å². The molecule has 4 aromatic rings. The van der Waals surface area contributed by atoms with E-state index in [1.807, 2.05) is 23.9 Å². The van der Waals surface area contributed by atoms with Gasteiger partial charge in [0, 0.05) is 34.7 Å². The van der Waals surface area contributed by atoms with Gasteiger partial charge in [-0.1, -0.05) is 0 Å². The molecule has 8 heteroatoms. The second-order valence-corrected chi connectivity index (χ2v) is 7.46. The summed E-state index contributed by atoms with van der Waals surface area (Å²) < 4.78 is 8.65. The normalized spacial score (nSPS) is 13.7. The van der Waals surface area contributed by atoms with Crippen LogP contribution < -0.4 is 10.3 Å². The van der Waals surface area contributed by atoms with Crippen molar-refractivity contribution in [3.63, 3.8) is 0 Å². The van der Waals surface area contributed by atoms with Crippen LogP contribution >= 0.6 is 11.3 Å². The zero-order valence-electron chi connectivity index (χ0n) is 14.2. The van der Waals surface area contributed by atoms with Gasteiger partial charge < -0.3 is 9.72 Å². The van der Waals surface area contributed by atoms with E-state index in [2.05, 4.69) is 20.3 Å². The molecule has 26 heavy (non-hydrogen) atoms. The van der Waals surface area contributed by atoms with Crippen molar-refractivity contribution in [1.82, 2.24) is 25.0 Å². The molecule has 0 atom stereocenters. The first kappa shape index (κ1) is 15.4. The van der Waals surface area contributed by atoms with Gasteiger partial charge in [0.1, 0.15) is 10.4 Å². The minimum absolute atomic E-state index is 0.0740. The maximum absolute atomic E-state index is 12.8. The summed E-state index contributed by atoms with van der Waals surface area (Å²) >= 11 is 1.48. The highest BCUT2D eigenvalue weighted by Crippen LogP contribution is 2.46. The maximum Gasteiger partial charge on any atom is 0.266 e. The van der Waals surface area contributed by atoms with E-state index in [1.54, 1.807) is 12.4 Å². The minimum atomic E-state index is -0.0740. The lowest BCUT2D eigenvalue weighted by molar-refractivity contribution is 0.321. The summed E-state index contributed by atoms with van der Waals surface area (Å²) in [6.07, 6.45) is 7.22. The molecule has 0 spiro atoms.